The molecule has 1 fully saturated rings. The molecule has 1 amide bonds. The molecule has 156 valence electrons. The summed E-state index contributed by atoms with van der Waals surface area (Å²) in [5.74, 6) is 1.33. The predicted octanol–water partition coefficient (Wildman–Crippen LogP) is 2.86. The summed E-state index contributed by atoms with van der Waals surface area (Å²) in [6, 6.07) is 11.3. The van der Waals surface area contributed by atoms with Gasteiger partial charge in [-0.1, -0.05) is 0 Å². The highest BCUT2D eigenvalue weighted by Gasteiger charge is 2.32. The number of amides is 1. The van der Waals surface area contributed by atoms with Gasteiger partial charge in [-0.3, -0.25) is 4.79 Å². The quantitative estimate of drug-likeness (QED) is 0.620. The minimum atomic E-state index is -0.339. The van der Waals surface area contributed by atoms with E-state index in [0.717, 1.165) is 24.2 Å². The third-order valence-corrected chi connectivity index (χ3v) is 5.20. The third-order valence-electron chi connectivity index (χ3n) is 5.20. The molecule has 30 heavy (non-hydrogen) atoms. The molecule has 1 atom stereocenters. The molecule has 4 rings (SSSR count). The molecule has 0 bridgehead atoms. The Hall–Kier alpha value is -3.49. The largest absolute Gasteiger partial charge is 0.497 e. The van der Waals surface area contributed by atoms with Gasteiger partial charge >= 0.3 is 0 Å². The highest BCUT2D eigenvalue weighted by Crippen LogP contribution is 2.39. The van der Waals surface area contributed by atoms with E-state index in [2.05, 4.69) is 15.4 Å². The molecule has 2 heterocycles. The zero-order valence-electron chi connectivity index (χ0n) is 16.8. The van der Waals surface area contributed by atoms with Crippen LogP contribution in [0.15, 0.2) is 42.5 Å². The van der Waals surface area contributed by atoms with Crippen molar-refractivity contribution in [3.63, 3.8) is 0 Å². The number of nitrogens with zero attached hydrogens (tertiary/aromatic N) is 5. The molecule has 1 aromatic heterocycles. The zero-order chi connectivity index (χ0) is 21.1. The van der Waals surface area contributed by atoms with Crippen LogP contribution in [0, 0.1) is 5.82 Å². The number of aromatic nitrogens is 4. The normalized spacial score (nSPS) is 16.0. The van der Waals surface area contributed by atoms with E-state index in [4.69, 9.17) is 9.47 Å². The highest BCUT2D eigenvalue weighted by atomic mass is 19.1. The van der Waals surface area contributed by atoms with E-state index < -0.39 is 0 Å². The number of hydrogen-bond acceptors (Lipinski definition) is 6. The van der Waals surface area contributed by atoms with Crippen LogP contribution in [0.25, 0.3) is 11.4 Å². The first-order valence-corrected chi connectivity index (χ1v) is 9.64. The number of carbonyl (C=O) groups excluding carboxylic acids is 1. The number of hydrogen-bond donors (Lipinski definition) is 0. The summed E-state index contributed by atoms with van der Waals surface area (Å²) in [5.41, 5.74) is 1.55. The fourth-order valence-electron chi connectivity index (χ4n) is 3.72. The lowest BCUT2D eigenvalue weighted by atomic mass is 10.0. The summed E-state index contributed by atoms with van der Waals surface area (Å²) in [4.78, 5) is 16.1. The summed E-state index contributed by atoms with van der Waals surface area (Å²) >= 11 is 0. The maximum atomic E-state index is 13.1. The van der Waals surface area contributed by atoms with Gasteiger partial charge in [0, 0.05) is 17.7 Å². The van der Waals surface area contributed by atoms with Crippen LogP contribution in [0.1, 0.15) is 24.4 Å². The van der Waals surface area contributed by atoms with E-state index in [1.54, 1.807) is 26.4 Å². The minimum Gasteiger partial charge on any atom is -0.497 e. The lowest BCUT2D eigenvalue weighted by Gasteiger charge is -2.26. The lowest BCUT2D eigenvalue weighted by Crippen LogP contribution is -2.34. The van der Waals surface area contributed by atoms with E-state index in [0.29, 0.717) is 23.7 Å². The van der Waals surface area contributed by atoms with Crippen molar-refractivity contribution in [2.45, 2.75) is 25.4 Å². The van der Waals surface area contributed by atoms with Crippen LogP contribution in [0.4, 0.5) is 4.39 Å². The molecule has 8 nitrogen and oxygen atoms in total. The molecule has 1 aliphatic rings. The number of likely N-dealkylation sites (tertiary alicyclic amines) is 1. The Balaban J connectivity index is 1.52. The van der Waals surface area contributed by atoms with Crippen LogP contribution >= 0.6 is 0 Å². The van der Waals surface area contributed by atoms with Gasteiger partial charge in [0.15, 0.2) is 0 Å². The van der Waals surface area contributed by atoms with E-state index in [1.807, 2.05) is 23.1 Å². The summed E-state index contributed by atoms with van der Waals surface area (Å²) in [7, 11) is 3.22. The fraction of sp³-hybridized carbons (Fsp3) is 0.333. The zero-order valence-corrected chi connectivity index (χ0v) is 16.8. The molecule has 2 aromatic carbocycles. The average Bonchev–Trinajstić information content (AvgIpc) is 3.43. The number of carbonyl (C=O) groups is 1. The Kier molecular flexibility index (Phi) is 5.60. The molecule has 1 aliphatic heterocycles. The Bertz CT molecular complexity index is 1040. The second-order valence-corrected chi connectivity index (χ2v) is 7.00. The van der Waals surface area contributed by atoms with Crippen molar-refractivity contribution in [2.75, 3.05) is 20.8 Å². The van der Waals surface area contributed by atoms with Gasteiger partial charge in [-0.2, -0.15) is 4.80 Å². The molecule has 0 N–H and O–H groups in total. The van der Waals surface area contributed by atoms with Crippen molar-refractivity contribution in [2.24, 2.45) is 0 Å². The summed E-state index contributed by atoms with van der Waals surface area (Å²) < 4.78 is 23.9. The van der Waals surface area contributed by atoms with Crippen molar-refractivity contribution in [1.29, 1.82) is 0 Å². The van der Waals surface area contributed by atoms with Gasteiger partial charge in [-0.15, -0.1) is 10.2 Å². The van der Waals surface area contributed by atoms with Gasteiger partial charge < -0.3 is 14.4 Å². The van der Waals surface area contributed by atoms with Gasteiger partial charge in [0.2, 0.25) is 11.7 Å². The topological polar surface area (TPSA) is 82.4 Å². The van der Waals surface area contributed by atoms with Crippen molar-refractivity contribution >= 4 is 5.91 Å². The molecular formula is C21H22FN5O3. The van der Waals surface area contributed by atoms with Crippen molar-refractivity contribution in [3.8, 4) is 22.9 Å². The van der Waals surface area contributed by atoms with E-state index in [1.165, 1.54) is 16.9 Å². The number of ether oxygens (including phenoxy) is 2. The van der Waals surface area contributed by atoms with Gasteiger partial charge in [0.05, 0.1) is 20.3 Å². The molecule has 0 spiro atoms. The van der Waals surface area contributed by atoms with Gasteiger partial charge in [-0.05, 0) is 60.5 Å². The van der Waals surface area contributed by atoms with Crippen molar-refractivity contribution in [3.05, 3.63) is 53.8 Å². The smallest absolute Gasteiger partial charge is 0.246 e. The molecule has 0 unspecified atom stereocenters. The Morgan fingerprint density at radius 3 is 2.70 bits per heavy atom. The maximum absolute atomic E-state index is 13.1. The predicted molar refractivity (Wildman–Crippen MR) is 106 cm³/mol. The summed E-state index contributed by atoms with van der Waals surface area (Å²) in [5, 5.41) is 12.2. The maximum Gasteiger partial charge on any atom is 0.246 e. The second-order valence-electron chi connectivity index (χ2n) is 7.00. The van der Waals surface area contributed by atoms with Crippen LogP contribution in [0.3, 0.4) is 0 Å². The standard InChI is InChI=1S/C21H22FN5O3/c1-29-16-9-10-19(30-2)17(12-16)18-4-3-11-26(18)20(28)13-27-24-21(23-25-27)14-5-7-15(22)8-6-14/h5-10,12,18H,3-4,11,13H2,1-2H3/t18-/m1/s1. The van der Waals surface area contributed by atoms with Gasteiger partial charge in [-0.25, -0.2) is 4.39 Å². The summed E-state index contributed by atoms with van der Waals surface area (Å²) in [6.07, 6.45) is 1.73. The molecule has 0 saturated carbocycles. The number of methoxy groups -OCH3 is 2. The Morgan fingerprint density at radius 2 is 1.97 bits per heavy atom. The lowest BCUT2D eigenvalue weighted by molar-refractivity contribution is -0.133. The van der Waals surface area contributed by atoms with Crippen LogP contribution in [0.5, 0.6) is 11.5 Å². The Morgan fingerprint density at radius 1 is 1.17 bits per heavy atom. The van der Waals surface area contributed by atoms with Crippen LogP contribution in [-0.2, 0) is 11.3 Å². The summed E-state index contributed by atoms with van der Waals surface area (Å²) in [6.45, 7) is 0.611. The second kappa shape index (κ2) is 8.48. The molecule has 9 heteroatoms. The fourth-order valence-corrected chi connectivity index (χ4v) is 3.72. The minimum absolute atomic E-state index is 0.0308. The highest BCUT2D eigenvalue weighted by molar-refractivity contribution is 5.77. The average molecular weight is 411 g/mol. The monoisotopic (exact) mass is 411 g/mol. The third kappa shape index (κ3) is 3.96. The SMILES string of the molecule is COc1ccc(OC)c([C@H]2CCCN2C(=O)Cn2nnc(-c3ccc(F)cc3)n2)c1. The van der Waals surface area contributed by atoms with Crippen molar-refractivity contribution < 1.29 is 18.7 Å². The molecule has 0 radical (unpaired) electrons. The Labute approximate surface area is 173 Å². The first kappa shape index (κ1) is 19.8. The molecule has 1 saturated heterocycles. The van der Waals surface area contributed by atoms with Crippen LogP contribution < -0.4 is 9.47 Å². The first-order valence-electron chi connectivity index (χ1n) is 9.64. The van der Waals surface area contributed by atoms with Gasteiger partial charge in [0.1, 0.15) is 23.9 Å². The van der Waals surface area contributed by atoms with Crippen LogP contribution in [0.2, 0.25) is 0 Å². The van der Waals surface area contributed by atoms with E-state index >= 15 is 0 Å². The van der Waals surface area contributed by atoms with Crippen LogP contribution in [-0.4, -0.2) is 51.8 Å². The number of tetrazole rings is 1. The number of halogens is 1. The number of rotatable bonds is 6. The molecule has 3 aromatic rings. The first-order chi connectivity index (χ1) is 14.6. The van der Waals surface area contributed by atoms with E-state index in [-0.39, 0.29) is 24.3 Å². The van der Waals surface area contributed by atoms with Gasteiger partial charge in [0.25, 0.3) is 0 Å². The molecular weight excluding hydrogens is 389 g/mol. The van der Waals surface area contributed by atoms with Crippen molar-refractivity contribution in [1.82, 2.24) is 25.1 Å². The molecule has 0 aliphatic carbocycles. The van der Waals surface area contributed by atoms with E-state index in [9.17, 15) is 9.18 Å². The number of benzene rings is 2.